The molecule has 3 rings (SSSR count). The van der Waals surface area contributed by atoms with Gasteiger partial charge < -0.3 is 10.3 Å². The molecule has 76 valence electrons. The van der Waals surface area contributed by atoms with Crippen molar-refractivity contribution in [3.05, 3.63) is 11.7 Å². The minimum atomic E-state index is -0.122. The zero-order chi connectivity index (χ0) is 9.71. The molecule has 14 heavy (non-hydrogen) atoms. The van der Waals surface area contributed by atoms with Crippen LogP contribution in [0.4, 0.5) is 0 Å². The number of fused-ring (bicyclic) bond motifs is 1. The van der Waals surface area contributed by atoms with Gasteiger partial charge in [-0.15, -0.1) is 0 Å². The summed E-state index contributed by atoms with van der Waals surface area (Å²) in [6.45, 7) is 1.88. The molecule has 2 N–H and O–H groups in total. The molecule has 0 amide bonds. The summed E-state index contributed by atoms with van der Waals surface area (Å²) in [7, 11) is 0. The van der Waals surface area contributed by atoms with Crippen LogP contribution in [-0.2, 0) is 0 Å². The molecule has 2 saturated carbocycles. The maximum Gasteiger partial charge on any atom is 0.229 e. The topological polar surface area (TPSA) is 64.9 Å². The van der Waals surface area contributed by atoms with Crippen LogP contribution in [0.25, 0.3) is 0 Å². The Morgan fingerprint density at radius 1 is 1.36 bits per heavy atom. The molecule has 3 atom stereocenters. The molecule has 0 aliphatic heterocycles. The summed E-state index contributed by atoms with van der Waals surface area (Å²) in [6, 6.07) is -0.122. The van der Waals surface area contributed by atoms with Crippen molar-refractivity contribution in [1.82, 2.24) is 10.1 Å². The molecule has 1 heterocycles. The molecule has 0 bridgehead atoms. The molecule has 2 fully saturated rings. The van der Waals surface area contributed by atoms with Crippen LogP contribution in [-0.4, -0.2) is 10.1 Å². The SMILES string of the molecule is CC(N)c1noc(C2CC3CC3C2)n1. The Morgan fingerprint density at radius 3 is 2.64 bits per heavy atom. The lowest BCUT2D eigenvalue weighted by atomic mass is 10.0. The van der Waals surface area contributed by atoms with Gasteiger partial charge in [-0.1, -0.05) is 5.16 Å². The van der Waals surface area contributed by atoms with Crippen LogP contribution >= 0.6 is 0 Å². The van der Waals surface area contributed by atoms with Crippen molar-refractivity contribution in [3.8, 4) is 0 Å². The predicted octanol–water partition coefficient (Wildman–Crippen LogP) is 1.60. The molecule has 0 aromatic carbocycles. The van der Waals surface area contributed by atoms with Crippen LogP contribution in [0.15, 0.2) is 4.52 Å². The second-order valence-electron chi connectivity index (χ2n) is 4.70. The number of aromatic nitrogens is 2. The van der Waals surface area contributed by atoms with E-state index in [4.69, 9.17) is 10.3 Å². The fourth-order valence-electron chi connectivity index (χ4n) is 2.51. The van der Waals surface area contributed by atoms with E-state index in [1.165, 1.54) is 19.3 Å². The average Bonchev–Trinajstić information content (AvgIpc) is 2.69. The van der Waals surface area contributed by atoms with Gasteiger partial charge >= 0.3 is 0 Å². The average molecular weight is 193 g/mol. The Hall–Kier alpha value is -0.900. The number of nitrogens with zero attached hydrogens (tertiary/aromatic N) is 2. The first-order valence-electron chi connectivity index (χ1n) is 5.33. The lowest BCUT2D eigenvalue weighted by molar-refractivity contribution is 0.341. The first kappa shape index (κ1) is 8.41. The number of hydrogen-bond acceptors (Lipinski definition) is 4. The summed E-state index contributed by atoms with van der Waals surface area (Å²) in [5, 5.41) is 3.89. The second-order valence-corrected chi connectivity index (χ2v) is 4.70. The van der Waals surface area contributed by atoms with E-state index in [-0.39, 0.29) is 6.04 Å². The highest BCUT2D eigenvalue weighted by Crippen LogP contribution is 2.57. The van der Waals surface area contributed by atoms with Crippen molar-refractivity contribution in [2.45, 2.75) is 38.1 Å². The standard InChI is InChI=1S/C10H15N3O/c1-5(11)9-12-10(14-13-9)8-3-6-2-7(6)4-8/h5-8H,2-4,11H2,1H3. The van der Waals surface area contributed by atoms with E-state index >= 15 is 0 Å². The quantitative estimate of drug-likeness (QED) is 0.774. The minimum Gasteiger partial charge on any atom is -0.339 e. The molecule has 4 nitrogen and oxygen atoms in total. The van der Waals surface area contributed by atoms with Gasteiger partial charge in [0.2, 0.25) is 5.89 Å². The van der Waals surface area contributed by atoms with Gasteiger partial charge in [-0.25, -0.2) is 0 Å². The molecular weight excluding hydrogens is 178 g/mol. The normalized spacial score (nSPS) is 36.9. The van der Waals surface area contributed by atoms with Crippen molar-refractivity contribution in [1.29, 1.82) is 0 Å². The first-order valence-corrected chi connectivity index (χ1v) is 5.33. The van der Waals surface area contributed by atoms with Gasteiger partial charge in [0.05, 0.1) is 6.04 Å². The molecule has 1 aromatic heterocycles. The van der Waals surface area contributed by atoms with Crippen molar-refractivity contribution in [2.75, 3.05) is 0 Å². The van der Waals surface area contributed by atoms with Crippen molar-refractivity contribution in [3.63, 3.8) is 0 Å². The van der Waals surface area contributed by atoms with E-state index in [1.54, 1.807) is 0 Å². The Morgan fingerprint density at radius 2 is 2.07 bits per heavy atom. The van der Waals surface area contributed by atoms with E-state index in [0.29, 0.717) is 11.7 Å². The smallest absolute Gasteiger partial charge is 0.229 e. The molecule has 1 aromatic rings. The van der Waals surface area contributed by atoms with E-state index in [1.807, 2.05) is 6.92 Å². The van der Waals surface area contributed by atoms with Crippen LogP contribution in [0.1, 0.15) is 49.9 Å². The Bertz CT molecular complexity index is 337. The van der Waals surface area contributed by atoms with Gasteiger partial charge in [0, 0.05) is 5.92 Å². The van der Waals surface area contributed by atoms with E-state index in [2.05, 4.69) is 10.1 Å². The minimum absolute atomic E-state index is 0.122. The molecule has 0 saturated heterocycles. The maximum atomic E-state index is 5.68. The highest BCUT2D eigenvalue weighted by Gasteiger charge is 2.47. The molecule has 0 radical (unpaired) electrons. The van der Waals surface area contributed by atoms with E-state index in [0.717, 1.165) is 17.7 Å². The molecular formula is C10H15N3O. The maximum absolute atomic E-state index is 5.68. The Balaban J connectivity index is 1.76. The third-order valence-electron chi connectivity index (χ3n) is 3.46. The first-order chi connectivity index (χ1) is 6.74. The Labute approximate surface area is 82.9 Å². The highest BCUT2D eigenvalue weighted by molar-refractivity contribution is 5.07. The monoisotopic (exact) mass is 193 g/mol. The zero-order valence-electron chi connectivity index (χ0n) is 8.31. The lowest BCUT2D eigenvalue weighted by Gasteiger charge is -2.03. The fourth-order valence-corrected chi connectivity index (χ4v) is 2.51. The van der Waals surface area contributed by atoms with Crippen molar-refractivity contribution >= 4 is 0 Å². The largest absolute Gasteiger partial charge is 0.339 e. The number of hydrogen-bond donors (Lipinski definition) is 1. The predicted molar refractivity (Wildman–Crippen MR) is 50.5 cm³/mol. The van der Waals surface area contributed by atoms with Gasteiger partial charge in [0.15, 0.2) is 5.82 Å². The summed E-state index contributed by atoms with van der Waals surface area (Å²) >= 11 is 0. The highest BCUT2D eigenvalue weighted by atomic mass is 16.5. The van der Waals surface area contributed by atoms with Gasteiger partial charge in [-0.05, 0) is 38.0 Å². The van der Waals surface area contributed by atoms with Gasteiger partial charge in [0.25, 0.3) is 0 Å². The van der Waals surface area contributed by atoms with Crippen LogP contribution in [0, 0.1) is 11.8 Å². The molecule has 2 aliphatic carbocycles. The summed E-state index contributed by atoms with van der Waals surface area (Å²) in [5.74, 6) is 3.86. The summed E-state index contributed by atoms with van der Waals surface area (Å²) < 4.78 is 5.24. The lowest BCUT2D eigenvalue weighted by Crippen LogP contribution is -2.07. The fraction of sp³-hybridized carbons (Fsp3) is 0.800. The molecule has 4 heteroatoms. The van der Waals surface area contributed by atoms with Crippen LogP contribution in [0.3, 0.4) is 0 Å². The summed E-state index contributed by atoms with van der Waals surface area (Å²) in [6.07, 6.45) is 3.90. The third-order valence-corrected chi connectivity index (χ3v) is 3.46. The Kier molecular flexibility index (Phi) is 1.68. The van der Waals surface area contributed by atoms with Gasteiger partial charge in [-0.3, -0.25) is 0 Å². The zero-order valence-corrected chi connectivity index (χ0v) is 8.31. The number of rotatable bonds is 2. The number of nitrogens with two attached hydrogens (primary N) is 1. The molecule has 2 aliphatic rings. The third kappa shape index (κ3) is 1.25. The van der Waals surface area contributed by atoms with Crippen molar-refractivity contribution in [2.24, 2.45) is 17.6 Å². The van der Waals surface area contributed by atoms with Gasteiger partial charge in [-0.2, -0.15) is 4.98 Å². The second kappa shape index (κ2) is 2.79. The molecule has 0 spiro atoms. The van der Waals surface area contributed by atoms with Crippen LogP contribution in [0.2, 0.25) is 0 Å². The van der Waals surface area contributed by atoms with Crippen LogP contribution in [0.5, 0.6) is 0 Å². The summed E-state index contributed by atoms with van der Waals surface area (Å²) in [4.78, 5) is 4.34. The van der Waals surface area contributed by atoms with Gasteiger partial charge in [0.1, 0.15) is 0 Å². The summed E-state index contributed by atoms with van der Waals surface area (Å²) in [5.41, 5.74) is 5.68. The van der Waals surface area contributed by atoms with E-state index in [9.17, 15) is 0 Å². The van der Waals surface area contributed by atoms with Crippen LogP contribution < -0.4 is 5.73 Å². The van der Waals surface area contributed by atoms with E-state index < -0.39 is 0 Å². The molecule has 3 unspecified atom stereocenters. The van der Waals surface area contributed by atoms with Crippen molar-refractivity contribution < 1.29 is 4.52 Å².